The Morgan fingerprint density at radius 3 is 2.75 bits per heavy atom. The molecule has 1 heterocycles. The first kappa shape index (κ1) is 8.95. The van der Waals surface area contributed by atoms with Crippen molar-refractivity contribution in [1.29, 1.82) is 0 Å². The number of aliphatic hydroxyl groups is 1. The summed E-state index contributed by atoms with van der Waals surface area (Å²) in [4.78, 5) is 3.73. The number of hydrogen-bond donors (Lipinski definition) is 3. The molecular formula is C6H12N4O2. The van der Waals surface area contributed by atoms with Crippen LogP contribution in [0.3, 0.4) is 0 Å². The molecule has 0 aliphatic carbocycles. The molecule has 1 rings (SSSR count). The monoisotopic (exact) mass is 172 g/mol. The molecule has 0 saturated heterocycles. The summed E-state index contributed by atoms with van der Waals surface area (Å²) in [7, 11) is 0. The van der Waals surface area contributed by atoms with Crippen LogP contribution in [0.2, 0.25) is 0 Å². The Morgan fingerprint density at radius 1 is 1.67 bits per heavy atom. The van der Waals surface area contributed by atoms with Gasteiger partial charge >= 0.3 is 0 Å². The van der Waals surface area contributed by atoms with Crippen LogP contribution >= 0.6 is 0 Å². The van der Waals surface area contributed by atoms with Crippen LogP contribution in [0, 0.1) is 0 Å². The highest BCUT2D eigenvalue weighted by molar-refractivity contribution is 5.11. The summed E-state index contributed by atoms with van der Waals surface area (Å²) in [5.74, 6) is 0.362. The van der Waals surface area contributed by atoms with E-state index in [0.717, 1.165) is 0 Å². The average molecular weight is 172 g/mol. The minimum absolute atomic E-state index is 0.0674. The number of nitrogens with two attached hydrogens (primary N) is 2. The number of aromatic nitrogens is 2. The lowest BCUT2D eigenvalue weighted by atomic mass is 10.0. The highest BCUT2D eigenvalue weighted by Gasteiger charge is 2.22. The first-order valence-electron chi connectivity index (χ1n) is 3.54. The molecule has 0 spiro atoms. The first-order valence-corrected chi connectivity index (χ1v) is 3.54. The van der Waals surface area contributed by atoms with Crippen molar-refractivity contribution < 1.29 is 9.63 Å². The van der Waals surface area contributed by atoms with Crippen molar-refractivity contribution in [3.63, 3.8) is 0 Å². The van der Waals surface area contributed by atoms with E-state index in [1.165, 1.54) is 0 Å². The molecule has 1 atom stereocenters. The lowest BCUT2D eigenvalue weighted by Crippen LogP contribution is -2.36. The first-order chi connectivity index (χ1) is 5.53. The van der Waals surface area contributed by atoms with Crippen molar-refractivity contribution in [3.05, 3.63) is 5.89 Å². The topological polar surface area (TPSA) is 111 Å². The van der Waals surface area contributed by atoms with E-state index in [4.69, 9.17) is 16.0 Å². The molecule has 12 heavy (non-hydrogen) atoms. The molecule has 0 aliphatic heterocycles. The van der Waals surface area contributed by atoms with Gasteiger partial charge in [-0.2, -0.15) is 4.98 Å². The van der Waals surface area contributed by atoms with Crippen molar-refractivity contribution in [1.82, 2.24) is 10.1 Å². The van der Waals surface area contributed by atoms with Crippen LogP contribution in [0.4, 0.5) is 5.95 Å². The van der Waals surface area contributed by atoms with E-state index in [2.05, 4.69) is 10.1 Å². The second-order valence-electron chi connectivity index (χ2n) is 2.92. The lowest BCUT2D eigenvalue weighted by Gasteiger charge is -2.17. The quantitative estimate of drug-likeness (QED) is 0.534. The third-order valence-corrected chi connectivity index (χ3v) is 1.46. The van der Waals surface area contributed by atoms with Crippen molar-refractivity contribution in [2.75, 3.05) is 12.3 Å². The van der Waals surface area contributed by atoms with E-state index in [0.29, 0.717) is 5.89 Å². The summed E-state index contributed by atoms with van der Waals surface area (Å²) >= 11 is 0. The smallest absolute Gasteiger partial charge is 0.260 e. The average Bonchev–Trinajstić information content (AvgIpc) is 2.35. The van der Waals surface area contributed by atoms with E-state index in [-0.39, 0.29) is 18.9 Å². The zero-order chi connectivity index (χ0) is 9.19. The van der Waals surface area contributed by atoms with Gasteiger partial charge in [0.1, 0.15) is 0 Å². The summed E-state index contributed by atoms with van der Waals surface area (Å²) in [6.45, 7) is 1.72. The molecule has 0 aromatic carbocycles. The van der Waals surface area contributed by atoms with Gasteiger partial charge in [-0.3, -0.25) is 0 Å². The minimum Gasteiger partial charge on any atom is -0.388 e. The van der Waals surface area contributed by atoms with E-state index in [9.17, 15) is 5.11 Å². The van der Waals surface area contributed by atoms with Gasteiger partial charge in [-0.1, -0.05) is 0 Å². The van der Waals surface area contributed by atoms with Crippen molar-refractivity contribution in [2.24, 2.45) is 5.73 Å². The van der Waals surface area contributed by atoms with Crippen LogP contribution in [0.5, 0.6) is 0 Å². The fraction of sp³-hybridized carbons (Fsp3) is 0.667. The summed E-state index contributed by atoms with van der Waals surface area (Å²) in [5.41, 5.74) is 9.48. The summed E-state index contributed by atoms with van der Waals surface area (Å²) in [5, 5.41) is 12.9. The molecule has 1 unspecified atom stereocenters. The van der Waals surface area contributed by atoms with E-state index in [1.807, 2.05) is 0 Å². The van der Waals surface area contributed by atoms with E-state index < -0.39 is 5.60 Å². The molecule has 1 aromatic heterocycles. The molecular weight excluding hydrogens is 160 g/mol. The Kier molecular flexibility index (Phi) is 2.30. The Balaban J connectivity index is 2.63. The Hall–Kier alpha value is -1.14. The maximum Gasteiger partial charge on any atom is 0.260 e. The number of rotatable bonds is 3. The Bertz CT molecular complexity index is 258. The summed E-state index contributed by atoms with van der Waals surface area (Å²) in [6, 6.07) is 0. The van der Waals surface area contributed by atoms with E-state index in [1.54, 1.807) is 6.92 Å². The summed E-state index contributed by atoms with van der Waals surface area (Å²) in [6.07, 6.45) is 0.216. The van der Waals surface area contributed by atoms with E-state index >= 15 is 0 Å². The molecule has 0 fully saturated rings. The third-order valence-electron chi connectivity index (χ3n) is 1.46. The van der Waals surface area contributed by atoms with Gasteiger partial charge in [-0.05, 0) is 12.1 Å². The zero-order valence-corrected chi connectivity index (χ0v) is 6.82. The van der Waals surface area contributed by atoms with Crippen LogP contribution in [0.15, 0.2) is 4.52 Å². The fourth-order valence-electron chi connectivity index (χ4n) is 0.738. The molecule has 0 bridgehead atoms. The van der Waals surface area contributed by atoms with Crippen LogP contribution in [-0.2, 0) is 6.42 Å². The van der Waals surface area contributed by atoms with Gasteiger partial charge in [0, 0.05) is 6.54 Å². The van der Waals surface area contributed by atoms with Crippen molar-refractivity contribution in [2.45, 2.75) is 18.9 Å². The molecule has 68 valence electrons. The number of anilines is 1. The van der Waals surface area contributed by atoms with Gasteiger partial charge in [-0.15, -0.1) is 0 Å². The molecule has 0 radical (unpaired) electrons. The predicted molar refractivity (Wildman–Crippen MR) is 42.1 cm³/mol. The van der Waals surface area contributed by atoms with Crippen LogP contribution in [0.1, 0.15) is 12.8 Å². The molecule has 5 N–H and O–H groups in total. The molecule has 0 amide bonds. The number of nitrogen functional groups attached to an aromatic ring is 1. The second kappa shape index (κ2) is 3.08. The van der Waals surface area contributed by atoms with Crippen molar-refractivity contribution >= 4 is 5.95 Å². The van der Waals surface area contributed by atoms with Gasteiger partial charge in [-0.25, -0.2) is 0 Å². The zero-order valence-electron chi connectivity index (χ0n) is 6.82. The SMILES string of the molecule is CC(O)(CN)Cc1nc(N)no1. The van der Waals surface area contributed by atoms with Crippen LogP contribution in [-0.4, -0.2) is 27.4 Å². The predicted octanol–water partition coefficient (Wildman–Crippen LogP) is -1.10. The molecule has 0 saturated carbocycles. The Labute approximate surface area is 69.6 Å². The highest BCUT2D eigenvalue weighted by Crippen LogP contribution is 2.10. The molecule has 6 heteroatoms. The van der Waals surface area contributed by atoms with Crippen molar-refractivity contribution in [3.8, 4) is 0 Å². The Morgan fingerprint density at radius 2 is 2.33 bits per heavy atom. The van der Waals surface area contributed by atoms with Crippen LogP contribution < -0.4 is 11.5 Å². The number of hydrogen-bond acceptors (Lipinski definition) is 6. The molecule has 0 aliphatic rings. The van der Waals surface area contributed by atoms with Gasteiger partial charge in [0.2, 0.25) is 5.89 Å². The summed E-state index contributed by atoms with van der Waals surface area (Å²) < 4.78 is 4.70. The fourth-order valence-corrected chi connectivity index (χ4v) is 0.738. The largest absolute Gasteiger partial charge is 0.388 e. The minimum atomic E-state index is -1.01. The molecule has 1 aromatic rings. The van der Waals surface area contributed by atoms with Gasteiger partial charge in [0.05, 0.1) is 12.0 Å². The van der Waals surface area contributed by atoms with Crippen LogP contribution in [0.25, 0.3) is 0 Å². The second-order valence-corrected chi connectivity index (χ2v) is 2.92. The number of nitrogens with zero attached hydrogens (tertiary/aromatic N) is 2. The lowest BCUT2D eigenvalue weighted by molar-refractivity contribution is 0.0610. The van der Waals surface area contributed by atoms with Gasteiger partial charge < -0.3 is 21.1 Å². The standard InChI is InChI=1S/C6H12N4O2/c1-6(11,3-7)2-4-9-5(8)10-12-4/h11H,2-3,7H2,1H3,(H2,8,10). The van der Waals surface area contributed by atoms with Gasteiger partial charge in [0.25, 0.3) is 5.95 Å². The maximum absolute atomic E-state index is 9.49. The normalized spacial score (nSPS) is 15.9. The highest BCUT2D eigenvalue weighted by atomic mass is 16.5. The third kappa shape index (κ3) is 2.18. The maximum atomic E-state index is 9.49. The van der Waals surface area contributed by atoms with Gasteiger partial charge in [0.15, 0.2) is 0 Å². The molecule has 6 nitrogen and oxygen atoms in total.